The zero-order valence-electron chi connectivity index (χ0n) is 13.4. The van der Waals surface area contributed by atoms with E-state index < -0.39 is 5.97 Å². The van der Waals surface area contributed by atoms with E-state index in [1.807, 2.05) is 13.8 Å². The van der Waals surface area contributed by atoms with Crippen LogP contribution in [0.5, 0.6) is 11.5 Å². The Balaban J connectivity index is 2.87. The molecule has 0 spiro atoms. The molecule has 1 aromatic carbocycles. The van der Waals surface area contributed by atoms with Crippen molar-refractivity contribution >= 4 is 18.0 Å². The van der Waals surface area contributed by atoms with Gasteiger partial charge >= 0.3 is 11.9 Å². The van der Waals surface area contributed by atoms with Gasteiger partial charge in [-0.1, -0.05) is 26.3 Å². The van der Waals surface area contributed by atoms with Crippen LogP contribution in [-0.4, -0.2) is 26.2 Å². The lowest BCUT2D eigenvalue weighted by Gasteiger charge is -2.13. The van der Waals surface area contributed by atoms with Crippen LogP contribution in [0.2, 0.25) is 0 Å². The molecule has 120 valence electrons. The average Bonchev–Trinajstić information content (AvgIpc) is 2.53. The zero-order chi connectivity index (χ0) is 16.5. The molecule has 1 atom stereocenters. The maximum absolute atomic E-state index is 12.0. The molecule has 0 aliphatic rings. The number of hydrogen-bond acceptors (Lipinski definition) is 5. The summed E-state index contributed by atoms with van der Waals surface area (Å²) >= 11 is 0. The fourth-order valence-electron chi connectivity index (χ4n) is 1.86. The van der Waals surface area contributed by atoms with Crippen molar-refractivity contribution in [2.75, 3.05) is 14.2 Å². The number of hydrogen-bond donors (Lipinski definition) is 0. The molecule has 0 aliphatic heterocycles. The van der Waals surface area contributed by atoms with E-state index in [4.69, 9.17) is 9.47 Å². The topological polar surface area (TPSA) is 61.8 Å². The Morgan fingerprint density at radius 1 is 1.23 bits per heavy atom. The number of carbonyl (C=O) groups excluding carboxylic acids is 2. The summed E-state index contributed by atoms with van der Waals surface area (Å²) < 4.78 is 15.1. The van der Waals surface area contributed by atoms with Crippen LogP contribution in [0, 0.1) is 5.92 Å². The smallest absolute Gasteiger partial charge is 0.330 e. The van der Waals surface area contributed by atoms with Crippen molar-refractivity contribution < 1.29 is 23.8 Å². The van der Waals surface area contributed by atoms with E-state index in [1.165, 1.54) is 20.3 Å². The van der Waals surface area contributed by atoms with Crippen LogP contribution < -0.4 is 9.47 Å². The Hall–Kier alpha value is -2.30. The van der Waals surface area contributed by atoms with Gasteiger partial charge < -0.3 is 14.2 Å². The molecule has 22 heavy (non-hydrogen) atoms. The van der Waals surface area contributed by atoms with Crippen molar-refractivity contribution in [3.63, 3.8) is 0 Å². The van der Waals surface area contributed by atoms with Gasteiger partial charge in [-0.05, 0) is 30.2 Å². The Labute approximate surface area is 130 Å². The molecular weight excluding hydrogens is 284 g/mol. The van der Waals surface area contributed by atoms with Crippen molar-refractivity contribution in [2.24, 2.45) is 5.92 Å². The van der Waals surface area contributed by atoms with Crippen LogP contribution in [0.25, 0.3) is 6.08 Å². The molecular formula is C17H22O5. The predicted octanol–water partition coefficient (Wildman–Crippen LogP) is 3.22. The summed E-state index contributed by atoms with van der Waals surface area (Å²) in [6.07, 6.45) is 4.61. The number of ether oxygens (including phenoxy) is 3. The number of benzene rings is 1. The fraction of sp³-hybridized carbons (Fsp3) is 0.412. The molecule has 0 radical (unpaired) electrons. The summed E-state index contributed by atoms with van der Waals surface area (Å²) in [4.78, 5) is 23.0. The minimum atomic E-state index is -0.442. The van der Waals surface area contributed by atoms with Crippen LogP contribution in [0.1, 0.15) is 32.3 Å². The van der Waals surface area contributed by atoms with Crippen molar-refractivity contribution in [1.82, 2.24) is 0 Å². The van der Waals surface area contributed by atoms with Crippen molar-refractivity contribution in [1.29, 1.82) is 0 Å². The van der Waals surface area contributed by atoms with Gasteiger partial charge in [0.1, 0.15) is 0 Å². The third-order valence-electron chi connectivity index (χ3n) is 3.14. The van der Waals surface area contributed by atoms with Crippen molar-refractivity contribution in [3.05, 3.63) is 29.8 Å². The highest BCUT2D eigenvalue weighted by Gasteiger charge is 2.16. The number of methoxy groups -OCH3 is 2. The molecule has 5 nitrogen and oxygen atoms in total. The molecule has 1 rings (SSSR count). The highest BCUT2D eigenvalue weighted by atomic mass is 16.6. The summed E-state index contributed by atoms with van der Waals surface area (Å²) in [6, 6.07) is 5.06. The molecule has 0 N–H and O–H groups in total. The van der Waals surface area contributed by atoms with E-state index in [9.17, 15) is 9.59 Å². The average molecular weight is 306 g/mol. The van der Waals surface area contributed by atoms with Crippen LogP contribution in [0.3, 0.4) is 0 Å². The summed E-state index contributed by atoms with van der Waals surface area (Å²) in [5.74, 6) is -0.0794. The highest BCUT2D eigenvalue weighted by Crippen LogP contribution is 2.29. The van der Waals surface area contributed by atoms with Crippen LogP contribution in [0.15, 0.2) is 24.3 Å². The monoisotopic (exact) mass is 306 g/mol. The molecule has 0 saturated carbocycles. The highest BCUT2D eigenvalue weighted by molar-refractivity contribution is 5.87. The van der Waals surface area contributed by atoms with Crippen LogP contribution in [0.4, 0.5) is 0 Å². The van der Waals surface area contributed by atoms with Gasteiger partial charge in [0, 0.05) is 6.08 Å². The molecule has 0 amide bonds. The lowest BCUT2D eigenvalue weighted by Crippen LogP contribution is -2.17. The predicted molar refractivity (Wildman–Crippen MR) is 83.8 cm³/mol. The Morgan fingerprint density at radius 2 is 1.95 bits per heavy atom. The van der Waals surface area contributed by atoms with E-state index in [1.54, 1.807) is 24.3 Å². The van der Waals surface area contributed by atoms with Gasteiger partial charge in [0.2, 0.25) is 0 Å². The number of carbonyl (C=O) groups is 2. The maximum Gasteiger partial charge on any atom is 0.330 e. The van der Waals surface area contributed by atoms with E-state index in [0.717, 1.165) is 18.4 Å². The zero-order valence-corrected chi connectivity index (χ0v) is 13.4. The summed E-state index contributed by atoms with van der Waals surface area (Å²) in [5.41, 5.74) is 0.739. The molecule has 0 heterocycles. The number of esters is 2. The maximum atomic E-state index is 12.0. The number of rotatable bonds is 7. The van der Waals surface area contributed by atoms with Crippen LogP contribution >= 0.6 is 0 Å². The molecule has 0 aliphatic carbocycles. The second-order valence-corrected chi connectivity index (χ2v) is 4.88. The lowest BCUT2D eigenvalue weighted by atomic mass is 10.1. The molecule has 1 aromatic rings. The van der Waals surface area contributed by atoms with E-state index in [-0.39, 0.29) is 11.9 Å². The third-order valence-corrected chi connectivity index (χ3v) is 3.14. The second-order valence-electron chi connectivity index (χ2n) is 4.88. The van der Waals surface area contributed by atoms with Gasteiger partial charge in [-0.15, -0.1) is 0 Å². The molecule has 5 heteroatoms. The van der Waals surface area contributed by atoms with E-state index in [0.29, 0.717) is 11.5 Å². The molecule has 1 unspecified atom stereocenters. The largest absolute Gasteiger partial charge is 0.493 e. The van der Waals surface area contributed by atoms with Gasteiger partial charge in [-0.3, -0.25) is 4.79 Å². The Morgan fingerprint density at radius 3 is 2.55 bits per heavy atom. The lowest BCUT2D eigenvalue weighted by molar-refractivity contribution is -0.138. The third kappa shape index (κ3) is 5.24. The standard InChI is InChI=1S/C17H22O5/c1-5-6-12(2)17(19)22-14-9-7-13(11-15(14)20-3)8-10-16(18)21-4/h7-12H,5-6H2,1-4H3/b10-8+. The van der Waals surface area contributed by atoms with E-state index >= 15 is 0 Å². The SMILES string of the molecule is CCCC(C)C(=O)Oc1ccc(/C=C/C(=O)OC)cc1OC. The van der Waals surface area contributed by atoms with Gasteiger partial charge in [0.25, 0.3) is 0 Å². The van der Waals surface area contributed by atoms with E-state index in [2.05, 4.69) is 4.74 Å². The molecule has 0 saturated heterocycles. The Kier molecular flexibility index (Phi) is 7.16. The van der Waals surface area contributed by atoms with Gasteiger partial charge in [0.15, 0.2) is 11.5 Å². The summed E-state index contributed by atoms with van der Waals surface area (Å²) in [5, 5.41) is 0. The summed E-state index contributed by atoms with van der Waals surface area (Å²) in [6.45, 7) is 3.86. The minimum absolute atomic E-state index is 0.159. The first-order valence-electron chi connectivity index (χ1n) is 7.17. The van der Waals surface area contributed by atoms with Gasteiger partial charge in [-0.25, -0.2) is 4.79 Å². The molecule has 0 aromatic heterocycles. The van der Waals surface area contributed by atoms with Crippen LogP contribution in [-0.2, 0) is 14.3 Å². The first kappa shape index (κ1) is 17.8. The molecule has 0 bridgehead atoms. The van der Waals surface area contributed by atoms with Crippen molar-refractivity contribution in [2.45, 2.75) is 26.7 Å². The first-order valence-corrected chi connectivity index (χ1v) is 7.17. The Bertz CT molecular complexity index is 548. The molecule has 0 fully saturated rings. The first-order chi connectivity index (χ1) is 10.5. The summed E-state index contributed by atoms with van der Waals surface area (Å²) in [7, 11) is 2.81. The quantitative estimate of drug-likeness (QED) is 0.440. The fourth-order valence-corrected chi connectivity index (χ4v) is 1.86. The minimum Gasteiger partial charge on any atom is -0.493 e. The van der Waals surface area contributed by atoms with Crippen molar-refractivity contribution in [3.8, 4) is 11.5 Å². The van der Waals surface area contributed by atoms with Gasteiger partial charge in [-0.2, -0.15) is 0 Å². The van der Waals surface area contributed by atoms with Gasteiger partial charge in [0.05, 0.1) is 20.1 Å². The normalized spacial score (nSPS) is 12.0. The second kappa shape index (κ2) is 8.87.